The standard InChI is InChI=1S/C10H16N2/c1-3-5-10(11-2)9-6-4-7-12-8-9/h4,6-8,10-11H,3,5H2,1-2H3. The van der Waals surface area contributed by atoms with Crippen molar-refractivity contribution in [3.05, 3.63) is 30.1 Å². The summed E-state index contributed by atoms with van der Waals surface area (Å²) in [6, 6.07) is 4.56. The lowest BCUT2D eigenvalue weighted by atomic mass is 10.1. The van der Waals surface area contributed by atoms with E-state index in [4.69, 9.17) is 0 Å². The van der Waals surface area contributed by atoms with Crippen LogP contribution in [-0.2, 0) is 0 Å². The minimum absolute atomic E-state index is 0.462. The molecule has 1 aromatic heterocycles. The van der Waals surface area contributed by atoms with Gasteiger partial charge < -0.3 is 5.32 Å². The molecular formula is C10H16N2. The zero-order valence-electron chi connectivity index (χ0n) is 7.75. The summed E-state index contributed by atoms with van der Waals surface area (Å²) in [6.45, 7) is 2.20. The predicted octanol–water partition coefficient (Wildman–Crippen LogP) is 2.14. The van der Waals surface area contributed by atoms with E-state index in [-0.39, 0.29) is 0 Å². The van der Waals surface area contributed by atoms with Crippen molar-refractivity contribution in [3.8, 4) is 0 Å². The Morgan fingerprint density at radius 2 is 2.42 bits per heavy atom. The molecule has 1 atom stereocenters. The van der Waals surface area contributed by atoms with E-state index >= 15 is 0 Å². The number of nitrogens with zero attached hydrogens (tertiary/aromatic N) is 1. The second-order valence-corrected chi connectivity index (χ2v) is 2.92. The third kappa shape index (κ3) is 2.31. The lowest BCUT2D eigenvalue weighted by molar-refractivity contribution is 0.540. The largest absolute Gasteiger partial charge is 0.313 e. The number of hydrogen-bond acceptors (Lipinski definition) is 2. The highest BCUT2D eigenvalue weighted by molar-refractivity contribution is 5.13. The SMILES string of the molecule is CCCC(NC)c1cccnc1. The summed E-state index contributed by atoms with van der Waals surface area (Å²) in [5, 5.41) is 3.28. The molecule has 0 aliphatic rings. The van der Waals surface area contributed by atoms with E-state index in [0.29, 0.717) is 6.04 Å². The smallest absolute Gasteiger partial charge is 0.0332 e. The van der Waals surface area contributed by atoms with E-state index in [1.165, 1.54) is 18.4 Å². The van der Waals surface area contributed by atoms with Gasteiger partial charge in [0.25, 0.3) is 0 Å². The van der Waals surface area contributed by atoms with Crippen LogP contribution in [-0.4, -0.2) is 12.0 Å². The summed E-state index contributed by atoms with van der Waals surface area (Å²) in [5.74, 6) is 0. The summed E-state index contributed by atoms with van der Waals surface area (Å²) in [6.07, 6.45) is 6.10. The zero-order chi connectivity index (χ0) is 8.81. The Morgan fingerprint density at radius 3 is 2.92 bits per heavy atom. The maximum absolute atomic E-state index is 4.10. The molecule has 1 rings (SSSR count). The molecule has 0 spiro atoms. The van der Waals surface area contributed by atoms with Crippen LogP contribution in [0.5, 0.6) is 0 Å². The Kier molecular flexibility index (Phi) is 3.74. The molecule has 2 heteroatoms. The zero-order valence-corrected chi connectivity index (χ0v) is 7.75. The Balaban J connectivity index is 2.66. The quantitative estimate of drug-likeness (QED) is 0.737. The Labute approximate surface area is 74.0 Å². The first-order valence-electron chi connectivity index (χ1n) is 4.45. The molecule has 0 saturated heterocycles. The topological polar surface area (TPSA) is 24.9 Å². The molecule has 0 aromatic carbocycles. The van der Waals surface area contributed by atoms with Gasteiger partial charge in [-0.15, -0.1) is 0 Å². The van der Waals surface area contributed by atoms with Crippen molar-refractivity contribution in [2.75, 3.05) is 7.05 Å². The molecule has 0 aliphatic carbocycles. The molecule has 0 aliphatic heterocycles. The molecular weight excluding hydrogens is 148 g/mol. The lowest BCUT2D eigenvalue weighted by Crippen LogP contribution is -2.15. The van der Waals surface area contributed by atoms with Gasteiger partial charge in [-0.1, -0.05) is 19.4 Å². The van der Waals surface area contributed by atoms with Gasteiger partial charge in [0.05, 0.1) is 0 Å². The van der Waals surface area contributed by atoms with Crippen LogP contribution in [0.25, 0.3) is 0 Å². The molecule has 0 bridgehead atoms. The van der Waals surface area contributed by atoms with Crippen LogP contribution in [0.1, 0.15) is 31.4 Å². The van der Waals surface area contributed by atoms with Gasteiger partial charge in [0.2, 0.25) is 0 Å². The van der Waals surface area contributed by atoms with Crippen LogP contribution in [0.4, 0.5) is 0 Å². The number of aromatic nitrogens is 1. The second kappa shape index (κ2) is 4.88. The van der Waals surface area contributed by atoms with Gasteiger partial charge in [0.1, 0.15) is 0 Å². The van der Waals surface area contributed by atoms with Crippen LogP contribution in [0.2, 0.25) is 0 Å². The van der Waals surface area contributed by atoms with Gasteiger partial charge in [0.15, 0.2) is 0 Å². The molecule has 1 aromatic rings. The minimum atomic E-state index is 0.462. The third-order valence-electron chi connectivity index (χ3n) is 2.01. The van der Waals surface area contributed by atoms with Crippen LogP contribution in [0.15, 0.2) is 24.5 Å². The fourth-order valence-electron chi connectivity index (χ4n) is 1.35. The van der Waals surface area contributed by atoms with Crippen molar-refractivity contribution < 1.29 is 0 Å². The molecule has 0 radical (unpaired) electrons. The van der Waals surface area contributed by atoms with Crippen LogP contribution < -0.4 is 5.32 Å². The first kappa shape index (κ1) is 9.20. The van der Waals surface area contributed by atoms with E-state index in [1.54, 1.807) is 0 Å². The molecule has 1 unspecified atom stereocenters. The monoisotopic (exact) mass is 164 g/mol. The summed E-state index contributed by atoms with van der Waals surface area (Å²) >= 11 is 0. The number of rotatable bonds is 4. The van der Waals surface area contributed by atoms with E-state index in [9.17, 15) is 0 Å². The highest BCUT2D eigenvalue weighted by Gasteiger charge is 2.06. The van der Waals surface area contributed by atoms with Gasteiger partial charge in [-0.2, -0.15) is 0 Å². The third-order valence-corrected chi connectivity index (χ3v) is 2.01. The first-order chi connectivity index (χ1) is 5.88. The first-order valence-corrected chi connectivity index (χ1v) is 4.45. The summed E-state index contributed by atoms with van der Waals surface area (Å²) < 4.78 is 0. The fraction of sp³-hybridized carbons (Fsp3) is 0.500. The van der Waals surface area contributed by atoms with E-state index < -0.39 is 0 Å². The molecule has 1 heterocycles. The lowest BCUT2D eigenvalue weighted by Gasteiger charge is -2.14. The summed E-state index contributed by atoms with van der Waals surface area (Å²) in [5.41, 5.74) is 1.28. The van der Waals surface area contributed by atoms with Gasteiger partial charge in [-0.3, -0.25) is 4.98 Å². The fourth-order valence-corrected chi connectivity index (χ4v) is 1.35. The maximum Gasteiger partial charge on any atom is 0.0332 e. The van der Waals surface area contributed by atoms with Gasteiger partial charge in [-0.05, 0) is 25.1 Å². The predicted molar refractivity (Wildman–Crippen MR) is 50.9 cm³/mol. The second-order valence-electron chi connectivity index (χ2n) is 2.92. The summed E-state index contributed by atoms with van der Waals surface area (Å²) in [7, 11) is 1.99. The molecule has 0 amide bonds. The molecule has 2 nitrogen and oxygen atoms in total. The Morgan fingerprint density at radius 1 is 1.58 bits per heavy atom. The Bertz CT molecular complexity index is 208. The van der Waals surface area contributed by atoms with Crippen molar-refractivity contribution in [3.63, 3.8) is 0 Å². The van der Waals surface area contributed by atoms with Crippen molar-refractivity contribution in [2.24, 2.45) is 0 Å². The van der Waals surface area contributed by atoms with Crippen molar-refractivity contribution in [2.45, 2.75) is 25.8 Å². The van der Waals surface area contributed by atoms with Crippen LogP contribution in [0.3, 0.4) is 0 Å². The molecule has 0 fully saturated rings. The molecule has 12 heavy (non-hydrogen) atoms. The van der Waals surface area contributed by atoms with E-state index in [0.717, 1.165) is 0 Å². The van der Waals surface area contributed by atoms with Crippen LogP contribution >= 0.6 is 0 Å². The average Bonchev–Trinajstić information content (AvgIpc) is 2.15. The van der Waals surface area contributed by atoms with Gasteiger partial charge in [0, 0.05) is 18.4 Å². The summed E-state index contributed by atoms with van der Waals surface area (Å²) in [4.78, 5) is 4.10. The Hall–Kier alpha value is -0.890. The minimum Gasteiger partial charge on any atom is -0.313 e. The average molecular weight is 164 g/mol. The van der Waals surface area contributed by atoms with Gasteiger partial charge in [-0.25, -0.2) is 0 Å². The maximum atomic E-state index is 4.10. The van der Waals surface area contributed by atoms with Crippen molar-refractivity contribution in [1.29, 1.82) is 0 Å². The molecule has 66 valence electrons. The van der Waals surface area contributed by atoms with Gasteiger partial charge >= 0.3 is 0 Å². The highest BCUT2D eigenvalue weighted by atomic mass is 14.9. The highest BCUT2D eigenvalue weighted by Crippen LogP contribution is 2.15. The van der Waals surface area contributed by atoms with Crippen LogP contribution in [0, 0.1) is 0 Å². The van der Waals surface area contributed by atoms with E-state index in [2.05, 4.69) is 23.3 Å². The number of hydrogen-bond donors (Lipinski definition) is 1. The number of pyridine rings is 1. The van der Waals surface area contributed by atoms with Crippen molar-refractivity contribution in [1.82, 2.24) is 10.3 Å². The van der Waals surface area contributed by atoms with E-state index in [1.807, 2.05) is 25.5 Å². The molecule has 0 saturated carbocycles. The number of nitrogens with one attached hydrogen (secondary N) is 1. The molecule has 1 N–H and O–H groups in total. The normalized spacial score (nSPS) is 12.8. The van der Waals surface area contributed by atoms with Crippen molar-refractivity contribution >= 4 is 0 Å².